The first-order chi connectivity index (χ1) is 28.5. The molecule has 5 atom stereocenters. The normalized spacial score (nSPS) is 25.1. The number of nitrogens with zero attached hydrogens (tertiary/aromatic N) is 2. The first-order valence-electron chi connectivity index (χ1n) is 24.5. The van der Waals surface area contributed by atoms with Gasteiger partial charge in [-0.1, -0.05) is 134 Å². The quantitative estimate of drug-likeness (QED) is 0.0328. The van der Waals surface area contributed by atoms with Crippen LogP contribution in [-0.2, 0) is 9.63 Å². The van der Waals surface area contributed by atoms with E-state index in [1.54, 1.807) is 0 Å². The summed E-state index contributed by atoms with van der Waals surface area (Å²) in [4.78, 5) is 48.0. The van der Waals surface area contributed by atoms with Gasteiger partial charge in [-0.2, -0.15) is 0 Å². The van der Waals surface area contributed by atoms with Crippen molar-refractivity contribution in [3.8, 4) is 0 Å². The van der Waals surface area contributed by atoms with Gasteiger partial charge in [0, 0.05) is 58.3 Å². The van der Waals surface area contributed by atoms with Gasteiger partial charge in [-0.3, -0.25) is 4.79 Å². The number of hydroxylamine groups is 1. The number of hydrogen-bond acceptors (Lipinski definition) is 5. The van der Waals surface area contributed by atoms with Crippen LogP contribution in [0.2, 0.25) is 0 Å². The Bertz CT molecular complexity index is 1210. The van der Waals surface area contributed by atoms with Crippen LogP contribution in [0.1, 0.15) is 174 Å². The molecule has 2 saturated heterocycles. The minimum atomic E-state index is -0.0253. The van der Waals surface area contributed by atoms with E-state index in [2.05, 4.69) is 59.6 Å². The topological polar surface area (TPSA) is 115 Å². The van der Waals surface area contributed by atoms with Crippen molar-refractivity contribution >= 4 is 18.0 Å². The average molecular weight is 811 g/mol. The largest absolute Gasteiger partial charge is 0.356 e. The maximum Gasteiger partial charge on any atom is 0.317 e. The van der Waals surface area contributed by atoms with Crippen molar-refractivity contribution in [3.63, 3.8) is 0 Å². The van der Waals surface area contributed by atoms with Crippen LogP contribution in [-0.4, -0.2) is 86.7 Å². The van der Waals surface area contributed by atoms with Crippen LogP contribution in [0.25, 0.3) is 0 Å². The van der Waals surface area contributed by atoms with Crippen LogP contribution >= 0.6 is 0 Å². The van der Waals surface area contributed by atoms with E-state index in [-0.39, 0.29) is 29.3 Å². The van der Waals surface area contributed by atoms with Gasteiger partial charge in [0.25, 0.3) is 0 Å². The Morgan fingerprint density at radius 1 is 0.759 bits per heavy atom. The zero-order valence-corrected chi connectivity index (χ0v) is 37.2. The molecule has 1 saturated carbocycles. The van der Waals surface area contributed by atoms with Crippen molar-refractivity contribution in [1.29, 1.82) is 0 Å². The highest BCUT2D eigenvalue weighted by molar-refractivity contribution is 5.80. The molecule has 5 amide bonds. The van der Waals surface area contributed by atoms with Crippen LogP contribution in [0.15, 0.2) is 24.3 Å². The van der Waals surface area contributed by atoms with Gasteiger partial charge in [-0.25, -0.2) is 15.1 Å². The average Bonchev–Trinajstić information content (AvgIpc) is 3.83. The lowest BCUT2D eigenvalue weighted by Crippen LogP contribution is -2.54. The molecule has 58 heavy (non-hydrogen) atoms. The fraction of sp³-hybridized carbons (Fsp3) is 0.854. The molecule has 10 heteroatoms. The lowest BCUT2D eigenvalue weighted by molar-refractivity contribution is -0.137. The van der Waals surface area contributed by atoms with E-state index in [0.717, 1.165) is 97.2 Å². The van der Waals surface area contributed by atoms with Crippen LogP contribution in [0.5, 0.6) is 0 Å². The maximum atomic E-state index is 14.7. The predicted octanol–water partition coefficient (Wildman–Crippen LogP) is 10.1. The number of nitrogens with one attached hydrogen (secondary N) is 4. The molecular weight excluding hydrogens is 725 g/mol. The molecule has 332 valence electrons. The molecule has 0 aromatic rings. The van der Waals surface area contributed by atoms with E-state index in [0.29, 0.717) is 30.8 Å². The molecule has 2 aliphatic carbocycles. The van der Waals surface area contributed by atoms with Crippen molar-refractivity contribution < 1.29 is 19.2 Å². The summed E-state index contributed by atoms with van der Waals surface area (Å²) in [6.07, 6.45) is 39.8. The van der Waals surface area contributed by atoms with Crippen LogP contribution in [0, 0.1) is 29.1 Å². The van der Waals surface area contributed by atoms with E-state index in [4.69, 9.17) is 4.84 Å². The molecular formula is C48H86N6O4. The molecule has 0 aromatic carbocycles. The molecule has 10 nitrogen and oxygen atoms in total. The number of hydrogen-bond donors (Lipinski definition) is 4. The number of amides is 5. The van der Waals surface area contributed by atoms with E-state index in [1.807, 2.05) is 9.80 Å². The summed E-state index contributed by atoms with van der Waals surface area (Å²) in [7, 11) is 0. The van der Waals surface area contributed by atoms with Crippen LogP contribution in [0.4, 0.5) is 9.59 Å². The van der Waals surface area contributed by atoms with E-state index in [1.165, 1.54) is 109 Å². The third kappa shape index (κ3) is 16.1. The van der Waals surface area contributed by atoms with Crippen molar-refractivity contribution in [1.82, 2.24) is 31.2 Å². The van der Waals surface area contributed by atoms with Crippen molar-refractivity contribution in [3.05, 3.63) is 24.3 Å². The minimum absolute atomic E-state index is 0.0253. The fourth-order valence-electron chi connectivity index (χ4n) is 10.6. The smallest absolute Gasteiger partial charge is 0.317 e. The third-order valence-corrected chi connectivity index (χ3v) is 13.8. The second-order valence-electron chi connectivity index (χ2n) is 18.0. The van der Waals surface area contributed by atoms with E-state index < -0.39 is 0 Å². The van der Waals surface area contributed by atoms with Crippen LogP contribution < -0.4 is 21.4 Å². The highest BCUT2D eigenvalue weighted by Gasteiger charge is 2.54. The summed E-state index contributed by atoms with van der Waals surface area (Å²) in [5.74, 6) is 1.76. The molecule has 4 aliphatic rings. The monoisotopic (exact) mass is 811 g/mol. The second-order valence-corrected chi connectivity index (χ2v) is 18.0. The van der Waals surface area contributed by atoms with Gasteiger partial charge in [0.1, 0.15) is 0 Å². The first-order valence-corrected chi connectivity index (χ1v) is 24.5. The van der Waals surface area contributed by atoms with Gasteiger partial charge in [-0.05, 0) is 87.4 Å². The Balaban J connectivity index is 1.37. The molecule has 0 radical (unpaired) electrons. The molecule has 4 N–H and O–H groups in total. The van der Waals surface area contributed by atoms with E-state index in [9.17, 15) is 14.4 Å². The van der Waals surface area contributed by atoms with Gasteiger partial charge in [-0.15, -0.1) is 0 Å². The Labute approximate surface area is 354 Å². The molecule has 3 fully saturated rings. The summed E-state index contributed by atoms with van der Waals surface area (Å²) in [5, 5.41) is 9.23. The lowest BCUT2D eigenvalue weighted by Gasteiger charge is -2.55. The molecule has 2 heterocycles. The van der Waals surface area contributed by atoms with Gasteiger partial charge in [0.15, 0.2) is 0 Å². The zero-order valence-electron chi connectivity index (χ0n) is 37.2. The van der Waals surface area contributed by atoms with Crippen LogP contribution in [0.3, 0.4) is 0 Å². The number of rotatable bonds is 30. The zero-order chi connectivity index (χ0) is 41.1. The number of allylic oxidation sites excluding steroid dienone is 4. The Kier molecular flexibility index (Phi) is 23.9. The van der Waals surface area contributed by atoms with E-state index >= 15 is 0 Å². The van der Waals surface area contributed by atoms with Gasteiger partial charge < -0.3 is 30.6 Å². The Morgan fingerprint density at radius 3 is 2.14 bits per heavy atom. The minimum Gasteiger partial charge on any atom is -0.356 e. The summed E-state index contributed by atoms with van der Waals surface area (Å²) in [6.45, 7) is 11.2. The summed E-state index contributed by atoms with van der Waals surface area (Å²) in [6, 6.07) is 0.0741. The summed E-state index contributed by atoms with van der Waals surface area (Å²) in [5.41, 5.74) is 3.05. The molecule has 0 bridgehead atoms. The van der Waals surface area contributed by atoms with Crippen molar-refractivity contribution in [2.24, 2.45) is 29.1 Å². The highest BCUT2D eigenvalue weighted by atomic mass is 16.6. The maximum absolute atomic E-state index is 14.7. The van der Waals surface area contributed by atoms with Crippen molar-refractivity contribution in [2.45, 2.75) is 174 Å². The predicted molar refractivity (Wildman–Crippen MR) is 238 cm³/mol. The number of unbranched alkanes of at least 4 members (excludes halogenated alkanes) is 11. The van der Waals surface area contributed by atoms with Gasteiger partial charge >= 0.3 is 12.1 Å². The number of carbonyl (C=O) groups is 3. The number of carbonyl (C=O) groups excluding carboxylic acids is 3. The standard InChI is InChI=1S/C48H86N6O4/c1-3-5-7-9-13-19-27-43-41(25-17-8-6-4-2)29-30-42(26-18-12-10-11-16-22-40-58-52-33-24-37-54-39-35-51-47(54)57)48(43)31-21-15-14-20-28-44(48)45(55)49-32-23-36-53-38-34-50-46(53)56/h13,19,29-30,41-44,52H,3-12,14-18,20-28,31-40H2,1-2H3,(H,49,55)(H,50,56)(H,51,57). The Hall–Kier alpha value is -2.59. The highest BCUT2D eigenvalue weighted by Crippen LogP contribution is 2.59. The van der Waals surface area contributed by atoms with Gasteiger partial charge in [0.05, 0.1) is 6.61 Å². The molecule has 0 aromatic heterocycles. The lowest BCUT2D eigenvalue weighted by atomic mass is 9.48. The SMILES string of the molecule is CCCCCC=CCC1C(CCCCCC)C=CC(CCCCCCCCONCCCN2CCNC2=O)C12CCCCCCC2C(=O)NCCCN1CCNC1=O. The number of urea groups is 2. The third-order valence-electron chi connectivity index (χ3n) is 13.8. The Morgan fingerprint density at radius 2 is 1.41 bits per heavy atom. The second kappa shape index (κ2) is 28.8. The summed E-state index contributed by atoms with van der Waals surface area (Å²) < 4.78 is 0. The van der Waals surface area contributed by atoms with Crippen molar-refractivity contribution in [2.75, 3.05) is 59.0 Å². The molecule has 2 aliphatic heterocycles. The summed E-state index contributed by atoms with van der Waals surface area (Å²) >= 11 is 0. The molecule has 5 unspecified atom stereocenters. The fourth-order valence-corrected chi connectivity index (χ4v) is 10.6. The first kappa shape index (κ1) is 48.1. The molecule has 4 rings (SSSR count). The molecule has 1 spiro atoms. The van der Waals surface area contributed by atoms with Gasteiger partial charge in [0.2, 0.25) is 5.91 Å².